The van der Waals surface area contributed by atoms with E-state index in [2.05, 4.69) is 5.32 Å². The molecule has 0 spiro atoms. The molecular weight excluding hydrogens is 485 g/mol. The maximum Gasteiger partial charge on any atom is 0.412 e. The van der Waals surface area contributed by atoms with E-state index in [1.165, 1.54) is 34.3 Å². The number of hydrogen-bond acceptors (Lipinski definition) is 7. The molecule has 0 atom stereocenters. The van der Waals surface area contributed by atoms with Gasteiger partial charge in [-0.2, -0.15) is 0 Å². The molecule has 196 valence electrons. The smallest absolute Gasteiger partial charge is 0.412 e. The van der Waals surface area contributed by atoms with Gasteiger partial charge in [-0.15, -0.1) is 0 Å². The van der Waals surface area contributed by atoms with Crippen molar-refractivity contribution in [2.45, 2.75) is 33.3 Å². The Morgan fingerprint density at radius 2 is 1.41 bits per heavy atom. The molecule has 37 heavy (non-hydrogen) atoms. The van der Waals surface area contributed by atoms with Crippen LogP contribution < -0.4 is 19.5 Å². The van der Waals surface area contributed by atoms with E-state index in [0.717, 1.165) is 12.1 Å². The zero-order valence-electron chi connectivity index (χ0n) is 21.6. The average Bonchev–Trinajstić information content (AvgIpc) is 2.80. The fourth-order valence-corrected chi connectivity index (χ4v) is 4.06. The molecule has 2 N–H and O–H groups in total. The number of ether oxygens (including phenoxy) is 4. The summed E-state index contributed by atoms with van der Waals surface area (Å²) in [4.78, 5) is 37.9. The maximum absolute atomic E-state index is 14.6. The van der Waals surface area contributed by atoms with Crippen LogP contribution in [0, 0.1) is 5.82 Å². The quantitative estimate of drug-likeness (QED) is 0.374. The molecule has 3 rings (SSSR count). The van der Waals surface area contributed by atoms with Crippen LogP contribution >= 0.6 is 0 Å². The molecule has 0 fully saturated rings. The maximum atomic E-state index is 14.6. The standard InChI is InChI=1S/C27H28FNO8/c1-13(30)15-12-20(36-7)23-18(34-5)8-9-19(35-6)24(23)22(15)21-16(25(31)32)10-14(28)11-17(21)29-26(33)37-27(2,3)4/h8-12H,1-7H3,(H,29,33)(H,31,32). The van der Waals surface area contributed by atoms with Crippen molar-refractivity contribution in [1.82, 2.24) is 0 Å². The van der Waals surface area contributed by atoms with Gasteiger partial charge >= 0.3 is 12.1 Å². The number of hydrogen-bond donors (Lipinski definition) is 2. The Labute approximate surface area is 213 Å². The summed E-state index contributed by atoms with van der Waals surface area (Å²) in [5.74, 6) is -1.97. The number of carboxylic acids is 1. The average molecular weight is 514 g/mol. The van der Waals surface area contributed by atoms with E-state index in [-0.39, 0.29) is 39.3 Å². The van der Waals surface area contributed by atoms with Crippen LogP contribution in [0.25, 0.3) is 21.9 Å². The van der Waals surface area contributed by atoms with E-state index >= 15 is 0 Å². The van der Waals surface area contributed by atoms with E-state index in [9.17, 15) is 23.9 Å². The van der Waals surface area contributed by atoms with Crippen molar-refractivity contribution in [3.63, 3.8) is 0 Å². The number of methoxy groups -OCH3 is 3. The van der Waals surface area contributed by atoms with E-state index in [0.29, 0.717) is 11.1 Å². The van der Waals surface area contributed by atoms with Gasteiger partial charge in [0.15, 0.2) is 5.78 Å². The lowest BCUT2D eigenvalue weighted by Gasteiger charge is -2.23. The lowest BCUT2D eigenvalue weighted by atomic mass is 9.86. The summed E-state index contributed by atoms with van der Waals surface area (Å²) in [6.07, 6.45) is -0.942. The Hall–Kier alpha value is -4.34. The van der Waals surface area contributed by atoms with Gasteiger partial charge in [0.25, 0.3) is 0 Å². The number of carboxylic acid groups (broad SMARTS) is 1. The number of nitrogens with one attached hydrogen (secondary N) is 1. The van der Waals surface area contributed by atoms with Gasteiger partial charge in [0, 0.05) is 22.1 Å². The minimum Gasteiger partial charge on any atom is -0.496 e. The minimum atomic E-state index is -1.48. The molecule has 3 aromatic rings. The summed E-state index contributed by atoms with van der Waals surface area (Å²) >= 11 is 0. The van der Waals surface area contributed by atoms with E-state index < -0.39 is 34.8 Å². The number of ketones is 1. The second-order valence-electron chi connectivity index (χ2n) is 9.09. The Morgan fingerprint density at radius 1 is 0.838 bits per heavy atom. The van der Waals surface area contributed by atoms with Crippen LogP contribution in [0.15, 0.2) is 30.3 Å². The predicted octanol–water partition coefficient (Wildman–Crippen LogP) is 5.92. The summed E-state index contributed by atoms with van der Waals surface area (Å²) in [6, 6.07) is 6.42. The molecule has 3 aromatic carbocycles. The van der Waals surface area contributed by atoms with Crippen molar-refractivity contribution in [2.24, 2.45) is 0 Å². The number of amides is 1. The Kier molecular flexibility index (Phi) is 7.61. The summed E-state index contributed by atoms with van der Waals surface area (Å²) in [6.45, 7) is 6.22. The largest absolute Gasteiger partial charge is 0.496 e. The fourth-order valence-electron chi connectivity index (χ4n) is 4.06. The van der Waals surface area contributed by atoms with Gasteiger partial charge in [0.1, 0.15) is 28.7 Å². The molecule has 0 aliphatic carbocycles. The van der Waals surface area contributed by atoms with Gasteiger partial charge in [0.2, 0.25) is 0 Å². The van der Waals surface area contributed by atoms with Crippen molar-refractivity contribution in [1.29, 1.82) is 0 Å². The molecule has 0 saturated heterocycles. The Bertz CT molecular complexity index is 1410. The molecule has 0 saturated carbocycles. The summed E-state index contributed by atoms with van der Waals surface area (Å²) in [5.41, 5.74) is -1.58. The summed E-state index contributed by atoms with van der Waals surface area (Å²) < 4.78 is 36.6. The molecule has 0 bridgehead atoms. The molecule has 0 aromatic heterocycles. The first-order valence-corrected chi connectivity index (χ1v) is 11.2. The third kappa shape index (κ3) is 5.42. The van der Waals surface area contributed by atoms with Crippen molar-refractivity contribution in [3.05, 3.63) is 47.3 Å². The van der Waals surface area contributed by atoms with Crippen LogP contribution in [-0.4, -0.2) is 49.9 Å². The van der Waals surface area contributed by atoms with E-state index in [1.807, 2.05) is 0 Å². The number of carbonyl (C=O) groups excluding carboxylic acids is 2. The SMILES string of the molecule is COc1ccc(OC)c2c(-c3c(NC(=O)OC(C)(C)C)cc(F)cc3C(=O)O)c(C(C)=O)cc(OC)c12. The molecule has 0 radical (unpaired) electrons. The molecule has 0 heterocycles. The number of benzene rings is 3. The van der Waals surface area contributed by atoms with Crippen LogP contribution in [0.4, 0.5) is 14.9 Å². The number of aromatic carboxylic acids is 1. The van der Waals surface area contributed by atoms with E-state index in [4.69, 9.17) is 18.9 Å². The van der Waals surface area contributed by atoms with Crippen molar-refractivity contribution >= 4 is 34.3 Å². The highest BCUT2D eigenvalue weighted by Gasteiger charge is 2.29. The molecule has 1 amide bonds. The van der Waals surface area contributed by atoms with E-state index in [1.54, 1.807) is 32.9 Å². The fraction of sp³-hybridized carbons (Fsp3) is 0.296. The number of rotatable bonds is 7. The highest BCUT2D eigenvalue weighted by atomic mass is 19.1. The Morgan fingerprint density at radius 3 is 1.89 bits per heavy atom. The van der Waals surface area contributed by atoms with Crippen LogP contribution in [0.3, 0.4) is 0 Å². The van der Waals surface area contributed by atoms with Gasteiger partial charge in [-0.1, -0.05) is 0 Å². The number of anilines is 1. The minimum absolute atomic E-state index is 0.0530. The van der Waals surface area contributed by atoms with Gasteiger partial charge < -0.3 is 24.1 Å². The monoisotopic (exact) mass is 513 g/mol. The summed E-state index contributed by atoms with van der Waals surface area (Å²) in [7, 11) is 4.25. The molecule has 0 aliphatic heterocycles. The predicted molar refractivity (Wildman–Crippen MR) is 136 cm³/mol. The van der Waals surface area contributed by atoms with Crippen LogP contribution in [0.2, 0.25) is 0 Å². The zero-order chi connectivity index (χ0) is 27.7. The first-order chi connectivity index (χ1) is 17.3. The highest BCUT2D eigenvalue weighted by Crippen LogP contribution is 2.49. The summed E-state index contributed by atoms with van der Waals surface area (Å²) in [5, 5.41) is 13.2. The zero-order valence-corrected chi connectivity index (χ0v) is 21.6. The van der Waals surface area contributed by atoms with Crippen LogP contribution in [0.1, 0.15) is 48.4 Å². The molecule has 0 aliphatic rings. The normalized spacial score (nSPS) is 11.1. The number of Topliss-reactive ketones (excluding diaryl/α,β-unsaturated/α-hetero) is 1. The molecular formula is C27H28FNO8. The number of fused-ring (bicyclic) bond motifs is 1. The van der Waals surface area contributed by atoms with Gasteiger partial charge in [0.05, 0.1) is 38.0 Å². The third-order valence-corrected chi connectivity index (χ3v) is 5.43. The lowest BCUT2D eigenvalue weighted by Crippen LogP contribution is -2.27. The topological polar surface area (TPSA) is 120 Å². The highest BCUT2D eigenvalue weighted by molar-refractivity contribution is 6.19. The number of halogens is 1. The van der Waals surface area contributed by atoms with Crippen LogP contribution in [-0.2, 0) is 4.74 Å². The second-order valence-corrected chi connectivity index (χ2v) is 9.09. The second kappa shape index (κ2) is 10.3. The van der Waals surface area contributed by atoms with Crippen LogP contribution in [0.5, 0.6) is 17.2 Å². The lowest BCUT2D eigenvalue weighted by molar-refractivity contribution is 0.0632. The third-order valence-electron chi connectivity index (χ3n) is 5.43. The van der Waals surface area contributed by atoms with Crippen molar-refractivity contribution in [2.75, 3.05) is 26.6 Å². The Balaban J connectivity index is 2.59. The van der Waals surface area contributed by atoms with Gasteiger partial charge in [-0.25, -0.2) is 14.0 Å². The van der Waals surface area contributed by atoms with Crippen molar-refractivity contribution in [3.8, 4) is 28.4 Å². The van der Waals surface area contributed by atoms with Gasteiger partial charge in [-0.05, 0) is 58.0 Å². The molecule has 10 heteroatoms. The molecule has 9 nitrogen and oxygen atoms in total. The van der Waals surface area contributed by atoms with Gasteiger partial charge in [-0.3, -0.25) is 10.1 Å². The first kappa shape index (κ1) is 27.3. The number of carbonyl (C=O) groups is 3. The first-order valence-electron chi connectivity index (χ1n) is 11.2. The molecule has 0 unspecified atom stereocenters. The van der Waals surface area contributed by atoms with Crippen molar-refractivity contribution < 1.29 is 42.8 Å².